The predicted molar refractivity (Wildman–Crippen MR) is 58.0 cm³/mol. The average molecular weight is 249 g/mol. The molecule has 6 heteroatoms. The van der Waals surface area contributed by atoms with Crippen LogP contribution in [0, 0.1) is 0 Å². The maximum absolute atomic E-state index is 10.1. The Morgan fingerprint density at radius 3 is 1.19 bits per heavy atom. The second kappa shape index (κ2) is 15.8. The van der Waals surface area contributed by atoms with Crippen LogP contribution in [0.5, 0.6) is 0 Å². The van der Waals surface area contributed by atoms with Gasteiger partial charge in [0.05, 0.1) is 0 Å². The Balaban J connectivity index is -0.000000845. The van der Waals surface area contributed by atoms with Gasteiger partial charge in [0, 0.05) is 12.8 Å². The predicted octanol–water partition coefficient (Wildman–Crippen LogP) is -1.10. The molecule has 0 amide bonds. The first kappa shape index (κ1) is 22.0. The van der Waals surface area contributed by atoms with E-state index in [1.165, 1.54) is 0 Å². The van der Waals surface area contributed by atoms with E-state index in [0.717, 1.165) is 38.5 Å². The summed E-state index contributed by atoms with van der Waals surface area (Å²) in [6, 6.07) is 0. The molecular weight excluding hydrogens is 231 g/mol. The zero-order chi connectivity index (χ0) is 10.8. The molecule has 0 radical (unpaired) electrons. The van der Waals surface area contributed by atoms with Gasteiger partial charge in [-0.1, -0.05) is 25.7 Å². The second-order valence-corrected chi connectivity index (χ2v) is 3.41. The molecule has 0 spiro atoms. The van der Waals surface area contributed by atoms with Crippen LogP contribution in [0.2, 0.25) is 0 Å². The minimum Gasteiger partial charge on any atom is -0.481 e. The molecule has 16 heavy (non-hydrogen) atoms. The fourth-order valence-electron chi connectivity index (χ4n) is 1.26. The Bertz CT molecular complexity index is 168. The van der Waals surface area contributed by atoms with Gasteiger partial charge in [-0.25, -0.2) is 0 Å². The molecule has 0 heterocycles. The summed E-state index contributed by atoms with van der Waals surface area (Å²) >= 11 is 0. The van der Waals surface area contributed by atoms with Gasteiger partial charge in [0.15, 0.2) is 0 Å². The minimum atomic E-state index is -0.740. The van der Waals surface area contributed by atoms with Gasteiger partial charge in [0.2, 0.25) is 0 Å². The van der Waals surface area contributed by atoms with Crippen LogP contribution in [0.1, 0.15) is 51.4 Å². The molecule has 0 aliphatic heterocycles. The van der Waals surface area contributed by atoms with Crippen molar-refractivity contribution in [3.63, 3.8) is 0 Å². The van der Waals surface area contributed by atoms with Gasteiger partial charge >= 0.3 is 68.5 Å². The molecule has 0 aliphatic carbocycles. The summed E-state index contributed by atoms with van der Waals surface area (Å²) in [6.45, 7) is 0. The standard InChI is InChI=1S/C10H18O4.Ca.Li/c11-9(12)7-5-3-1-2-4-6-8-10(13)14;;/h1-8H2,(H,11,12)(H,13,14);;/q;+2;+1. The van der Waals surface area contributed by atoms with Gasteiger partial charge in [0.1, 0.15) is 0 Å². The smallest absolute Gasteiger partial charge is 0.481 e. The molecule has 0 atom stereocenters. The summed E-state index contributed by atoms with van der Waals surface area (Å²) in [5, 5.41) is 16.7. The molecule has 0 saturated heterocycles. The Hall–Kier alpha value is 0.797. The van der Waals surface area contributed by atoms with E-state index in [2.05, 4.69) is 0 Å². The van der Waals surface area contributed by atoms with Crippen molar-refractivity contribution in [3.8, 4) is 0 Å². The van der Waals surface area contributed by atoms with Gasteiger partial charge in [-0.05, 0) is 12.8 Å². The van der Waals surface area contributed by atoms with Gasteiger partial charge in [-0.2, -0.15) is 0 Å². The first-order valence-corrected chi connectivity index (χ1v) is 5.06. The molecule has 0 fully saturated rings. The van der Waals surface area contributed by atoms with Crippen LogP contribution in [0.25, 0.3) is 0 Å². The number of carboxylic acid groups (broad SMARTS) is 2. The van der Waals surface area contributed by atoms with Crippen molar-refractivity contribution in [2.24, 2.45) is 0 Å². The molecule has 0 unspecified atom stereocenters. The van der Waals surface area contributed by atoms with Crippen molar-refractivity contribution in [2.75, 3.05) is 0 Å². The van der Waals surface area contributed by atoms with Crippen molar-refractivity contribution in [2.45, 2.75) is 51.4 Å². The fraction of sp³-hybridized carbons (Fsp3) is 0.800. The summed E-state index contributed by atoms with van der Waals surface area (Å²) < 4.78 is 0. The van der Waals surface area contributed by atoms with E-state index in [9.17, 15) is 9.59 Å². The summed E-state index contributed by atoms with van der Waals surface area (Å²) in [5.41, 5.74) is 0. The molecule has 0 aromatic heterocycles. The first-order chi connectivity index (χ1) is 6.63. The monoisotopic (exact) mass is 249 g/mol. The van der Waals surface area contributed by atoms with E-state index in [4.69, 9.17) is 10.2 Å². The van der Waals surface area contributed by atoms with Crippen molar-refractivity contribution in [3.05, 3.63) is 0 Å². The fourth-order valence-corrected chi connectivity index (χ4v) is 1.26. The van der Waals surface area contributed by atoms with Gasteiger partial charge in [0.25, 0.3) is 0 Å². The quantitative estimate of drug-likeness (QED) is 0.402. The summed E-state index contributed by atoms with van der Waals surface area (Å²) in [5.74, 6) is -1.48. The molecule has 0 aromatic rings. The molecule has 0 aromatic carbocycles. The maximum Gasteiger partial charge on any atom is 2.00 e. The third-order valence-electron chi connectivity index (χ3n) is 2.03. The van der Waals surface area contributed by atoms with Crippen LogP contribution in [-0.4, -0.2) is 59.9 Å². The van der Waals surface area contributed by atoms with E-state index in [1.807, 2.05) is 0 Å². The van der Waals surface area contributed by atoms with Crippen molar-refractivity contribution in [1.29, 1.82) is 0 Å². The minimum absolute atomic E-state index is 0. The van der Waals surface area contributed by atoms with Crippen molar-refractivity contribution in [1.82, 2.24) is 0 Å². The average Bonchev–Trinajstić information content (AvgIpc) is 2.08. The van der Waals surface area contributed by atoms with Crippen LogP contribution >= 0.6 is 0 Å². The van der Waals surface area contributed by atoms with E-state index >= 15 is 0 Å². The first-order valence-electron chi connectivity index (χ1n) is 5.06. The van der Waals surface area contributed by atoms with Crippen LogP contribution in [0.15, 0.2) is 0 Å². The summed E-state index contributed by atoms with van der Waals surface area (Å²) in [6.07, 6.45) is 5.82. The number of unbranched alkanes of at least 4 members (excludes halogenated alkanes) is 5. The zero-order valence-electron chi connectivity index (χ0n) is 10.1. The number of aliphatic carboxylic acids is 2. The number of rotatable bonds is 9. The van der Waals surface area contributed by atoms with E-state index in [-0.39, 0.29) is 69.4 Å². The molecule has 82 valence electrons. The van der Waals surface area contributed by atoms with E-state index in [1.54, 1.807) is 0 Å². The third kappa shape index (κ3) is 20.2. The molecule has 0 rings (SSSR count). The van der Waals surface area contributed by atoms with E-state index in [0.29, 0.717) is 0 Å². The largest absolute Gasteiger partial charge is 2.00 e. The van der Waals surface area contributed by atoms with Crippen LogP contribution < -0.4 is 18.9 Å². The number of carbonyl (C=O) groups is 2. The van der Waals surface area contributed by atoms with Crippen LogP contribution in [0.3, 0.4) is 0 Å². The third-order valence-corrected chi connectivity index (χ3v) is 2.03. The Morgan fingerprint density at radius 2 is 0.938 bits per heavy atom. The SMILES string of the molecule is O=C(O)CCCCCCCCC(=O)O.[Ca+2].[Li+]. The zero-order valence-corrected chi connectivity index (χ0v) is 12.3. The number of hydrogen-bond acceptors (Lipinski definition) is 2. The van der Waals surface area contributed by atoms with Crippen molar-refractivity contribution < 1.29 is 38.7 Å². The van der Waals surface area contributed by atoms with Gasteiger partial charge < -0.3 is 10.2 Å². The summed E-state index contributed by atoms with van der Waals surface area (Å²) in [7, 11) is 0. The van der Waals surface area contributed by atoms with Crippen molar-refractivity contribution >= 4 is 49.7 Å². The van der Waals surface area contributed by atoms with Gasteiger partial charge in [-0.3, -0.25) is 9.59 Å². The molecule has 4 nitrogen and oxygen atoms in total. The van der Waals surface area contributed by atoms with Crippen LogP contribution in [0.4, 0.5) is 0 Å². The Kier molecular flexibility index (Phi) is 21.7. The molecule has 0 aliphatic rings. The Morgan fingerprint density at radius 1 is 0.688 bits per heavy atom. The number of carboxylic acids is 2. The van der Waals surface area contributed by atoms with Crippen LogP contribution in [-0.2, 0) is 9.59 Å². The molecule has 2 N–H and O–H groups in total. The number of hydrogen-bond donors (Lipinski definition) is 2. The molecular formula is C10H18CaLiO4+3. The topological polar surface area (TPSA) is 74.6 Å². The Labute approximate surface area is 138 Å². The van der Waals surface area contributed by atoms with E-state index < -0.39 is 11.9 Å². The summed E-state index contributed by atoms with van der Waals surface area (Å²) in [4.78, 5) is 20.3. The van der Waals surface area contributed by atoms with Gasteiger partial charge in [-0.15, -0.1) is 0 Å². The normalized spacial score (nSPS) is 8.75. The second-order valence-electron chi connectivity index (χ2n) is 3.41. The maximum atomic E-state index is 10.1. The molecule has 0 bridgehead atoms. The molecule has 0 saturated carbocycles.